The Morgan fingerprint density at radius 2 is 1.96 bits per heavy atom. The van der Waals surface area contributed by atoms with Crippen LogP contribution in [0.1, 0.15) is 39.5 Å². The number of allylic oxidation sites excluding steroid dienone is 1. The van der Waals surface area contributed by atoms with Crippen molar-refractivity contribution in [3.8, 4) is 0 Å². The van der Waals surface area contributed by atoms with Crippen LogP contribution in [0.4, 0.5) is 0 Å². The van der Waals surface area contributed by atoms with Crippen molar-refractivity contribution in [2.24, 2.45) is 11.8 Å². The van der Waals surface area contributed by atoms with E-state index in [0.717, 1.165) is 12.0 Å². The highest BCUT2D eigenvalue weighted by Crippen LogP contribution is 2.37. The predicted octanol–water partition coefficient (Wildman–Crippen LogP) is 4.48. The smallest absolute Gasteiger partial charge is 0.0830 e. The lowest BCUT2D eigenvalue weighted by atomic mass is 9.80. The van der Waals surface area contributed by atoms with E-state index >= 15 is 0 Å². The molecule has 0 aromatic heterocycles. The molecule has 1 radical (unpaired) electrons. The lowest BCUT2D eigenvalue weighted by Crippen LogP contribution is -2.50. The Kier molecular flexibility index (Phi) is 5.76. The molecule has 0 bridgehead atoms. The molecule has 0 N–H and O–H groups in total. The van der Waals surface area contributed by atoms with Gasteiger partial charge in [-0.2, -0.15) is 0 Å². The first kappa shape index (κ1) is 17.0. The van der Waals surface area contributed by atoms with Gasteiger partial charge in [0, 0.05) is 12.6 Å². The number of rotatable bonds is 4. The lowest BCUT2D eigenvalue weighted by Gasteiger charge is -2.46. The number of piperidine rings is 2. The van der Waals surface area contributed by atoms with E-state index in [1.54, 1.807) is 10.8 Å². The molecular formula is C21H32NSi. The van der Waals surface area contributed by atoms with Gasteiger partial charge in [0.05, 0.1) is 8.80 Å². The quantitative estimate of drug-likeness (QED) is 0.583. The maximum atomic E-state index is 2.81. The van der Waals surface area contributed by atoms with E-state index in [-0.39, 0.29) is 0 Å². The molecule has 2 heterocycles. The molecule has 2 aliphatic heterocycles. The lowest BCUT2D eigenvalue weighted by molar-refractivity contribution is 0.0947. The van der Waals surface area contributed by atoms with Gasteiger partial charge in [0.1, 0.15) is 0 Å². The van der Waals surface area contributed by atoms with Crippen LogP contribution < -0.4 is 5.19 Å². The Hall–Kier alpha value is -0.863. The molecule has 1 aromatic carbocycles. The first-order valence-electron chi connectivity index (χ1n) is 9.47. The molecule has 2 aliphatic rings. The Morgan fingerprint density at radius 3 is 2.70 bits per heavy atom. The van der Waals surface area contributed by atoms with E-state index in [1.807, 2.05) is 0 Å². The number of hydrogen-bond donors (Lipinski definition) is 0. The molecule has 0 amide bonds. The topological polar surface area (TPSA) is 3.24 Å². The van der Waals surface area contributed by atoms with E-state index in [9.17, 15) is 0 Å². The Balaban J connectivity index is 1.80. The molecule has 0 unspecified atom stereocenters. The second-order valence-electron chi connectivity index (χ2n) is 7.79. The van der Waals surface area contributed by atoms with Crippen molar-refractivity contribution in [3.05, 3.63) is 42.0 Å². The molecule has 2 saturated heterocycles. The molecule has 3 rings (SSSR count). The summed E-state index contributed by atoms with van der Waals surface area (Å²) < 4.78 is 0. The van der Waals surface area contributed by atoms with Crippen molar-refractivity contribution < 1.29 is 0 Å². The van der Waals surface area contributed by atoms with Crippen LogP contribution in [-0.4, -0.2) is 32.8 Å². The zero-order chi connectivity index (χ0) is 16.2. The van der Waals surface area contributed by atoms with Gasteiger partial charge in [-0.25, -0.2) is 0 Å². The summed E-state index contributed by atoms with van der Waals surface area (Å²) >= 11 is 0. The van der Waals surface area contributed by atoms with Crippen LogP contribution in [0.5, 0.6) is 0 Å². The minimum absolute atomic E-state index is 0.451. The Morgan fingerprint density at radius 1 is 1.17 bits per heavy atom. The van der Waals surface area contributed by atoms with E-state index in [0.29, 0.717) is 5.92 Å². The van der Waals surface area contributed by atoms with Gasteiger partial charge in [0.25, 0.3) is 0 Å². The second kappa shape index (κ2) is 7.81. The molecule has 0 saturated carbocycles. The molecule has 0 spiro atoms. The van der Waals surface area contributed by atoms with Crippen LogP contribution in [0.3, 0.4) is 0 Å². The fourth-order valence-corrected chi connectivity index (χ4v) is 6.72. The van der Waals surface area contributed by atoms with Gasteiger partial charge in [0.15, 0.2) is 0 Å². The van der Waals surface area contributed by atoms with Crippen molar-refractivity contribution in [1.29, 1.82) is 0 Å². The average Bonchev–Trinajstić information content (AvgIpc) is 2.57. The van der Waals surface area contributed by atoms with E-state index in [2.05, 4.69) is 61.7 Å². The minimum Gasteiger partial charge on any atom is -0.299 e. The predicted molar refractivity (Wildman–Crippen MR) is 103 cm³/mol. The number of fused-ring (bicyclic) bond motifs is 1. The van der Waals surface area contributed by atoms with Gasteiger partial charge >= 0.3 is 0 Å². The molecule has 2 heteroatoms. The summed E-state index contributed by atoms with van der Waals surface area (Å²) in [6.45, 7) is 9.84. The molecule has 125 valence electrons. The van der Waals surface area contributed by atoms with Crippen molar-refractivity contribution >= 4 is 14.0 Å². The third-order valence-electron chi connectivity index (χ3n) is 5.63. The van der Waals surface area contributed by atoms with E-state index < -0.39 is 8.80 Å². The third-order valence-corrected chi connectivity index (χ3v) is 8.00. The molecule has 2 atom stereocenters. The molecule has 2 fully saturated rings. The highest BCUT2D eigenvalue weighted by molar-refractivity contribution is 6.72. The van der Waals surface area contributed by atoms with E-state index in [1.165, 1.54) is 44.8 Å². The van der Waals surface area contributed by atoms with Crippen LogP contribution in [-0.2, 0) is 0 Å². The van der Waals surface area contributed by atoms with Crippen molar-refractivity contribution in [1.82, 2.24) is 4.90 Å². The normalized spacial score (nSPS) is 27.6. The maximum absolute atomic E-state index is 2.81. The van der Waals surface area contributed by atoms with E-state index in [4.69, 9.17) is 0 Å². The van der Waals surface area contributed by atoms with Gasteiger partial charge in [-0.05, 0) is 43.7 Å². The first-order chi connectivity index (χ1) is 11.1. The zero-order valence-electron chi connectivity index (χ0n) is 15.1. The molecule has 1 aromatic rings. The summed E-state index contributed by atoms with van der Waals surface area (Å²) in [7, 11) is -0.451. The van der Waals surface area contributed by atoms with Crippen molar-refractivity contribution in [2.75, 3.05) is 13.1 Å². The summed E-state index contributed by atoms with van der Waals surface area (Å²) in [6, 6.07) is 13.5. The number of nitrogens with zero attached hydrogens (tertiary/aromatic N) is 1. The van der Waals surface area contributed by atoms with Crippen molar-refractivity contribution in [3.63, 3.8) is 0 Å². The van der Waals surface area contributed by atoms with Crippen LogP contribution in [0.2, 0.25) is 12.6 Å². The average molecular weight is 327 g/mol. The zero-order valence-corrected chi connectivity index (χ0v) is 16.1. The molecule has 0 aliphatic carbocycles. The molecular weight excluding hydrogens is 294 g/mol. The van der Waals surface area contributed by atoms with Crippen LogP contribution in [0, 0.1) is 11.8 Å². The van der Waals surface area contributed by atoms with Gasteiger partial charge in [-0.1, -0.05) is 74.0 Å². The minimum atomic E-state index is -0.451. The molecule has 1 nitrogen and oxygen atoms in total. The summed E-state index contributed by atoms with van der Waals surface area (Å²) in [4.78, 5) is 2.81. The largest absolute Gasteiger partial charge is 0.299 e. The Bertz CT molecular complexity index is 522. The van der Waals surface area contributed by atoms with Gasteiger partial charge in [-0.15, -0.1) is 0 Å². The van der Waals surface area contributed by atoms with Gasteiger partial charge in [-0.3, -0.25) is 4.90 Å². The summed E-state index contributed by atoms with van der Waals surface area (Å²) in [5.74, 6) is 1.50. The van der Waals surface area contributed by atoms with Crippen LogP contribution in [0.25, 0.3) is 0 Å². The third kappa shape index (κ3) is 4.16. The Labute approximate surface area is 144 Å². The second-order valence-corrected chi connectivity index (χ2v) is 10.3. The van der Waals surface area contributed by atoms with Crippen LogP contribution >= 0.6 is 0 Å². The van der Waals surface area contributed by atoms with Crippen LogP contribution in [0.15, 0.2) is 42.0 Å². The van der Waals surface area contributed by atoms with Gasteiger partial charge in [0.2, 0.25) is 0 Å². The summed E-state index contributed by atoms with van der Waals surface area (Å²) in [5.41, 5.74) is 1.78. The molecule has 23 heavy (non-hydrogen) atoms. The number of hydrogen-bond acceptors (Lipinski definition) is 1. The summed E-state index contributed by atoms with van der Waals surface area (Å²) in [5, 5.41) is 1.61. The monoisotopic (exact) mass is 326 g/mol. The summed E-state index contributed by atoms with van der Waals surface area (Å²) in [6.07, 6.45) is 8.17. The highest BCUT2D eigenvalue weighted by Gasteiger charge is 2.36. The SMILES string of the molecule is CC(C)/C=C1\CCN2CCCC[C@@H]2[C@H]1C[Si](C)c1ccccc1. The standard InChI is InChI=1S/C21H32NSi/c1-17(2)15-18-12-14-22-13-8-7-11-21(22)20(18)16-23(3)19-9-5-4-6-10-19/h4-6,9-10,15,17,20-21H,7-8,11-14,16H2,1-3H3/b18-15+/t20-,21+/m0/s1. The van der Waals surface area contributed by atoms with Crippen molar-refractivity contribution in [2.45, 2.75) is 58.2 Å². The fourth-order valence-electron chi connectivity index (χ4n) is 4.53. The highest BCUT2D eigenvalue weighted by atomic mass is 28.3. The fraction of sp³-hybridized carbons (Fsp3) is 0.619. The van der Waals surface area contributed by atoms with Gasteiger partial charge < -0.3 is 0 Å². The maximum Gasteiger partial charge on any atom is 0.0830 e. The first-order valence-corrected chi connectivity index (χ1v) is 11.7. The number of benzene rings is 1.